The minimum Gasteiger partial charge on any atom is -0.453 e. The minimum absolute atomic E-state index is 0.144. The Labute approximate surface area is 383 Å². The van der Waals surface area contributed by atoms with Crippen molar-refractivity contribution in [2.75, 3.05) is 24.7 Å². The SMILES string of the molecule is CCO[Si](OCC)(OCC)c1ccc(C=Cc2ccc(-c3ccc(-c4ccc(N(c5ccc(C(C)(C)c6ccccc6)cc5)c5ccc(C(C)(C)c6ccccc6)cc5)cc4)o3)o2)s1. The average molecular weight is 884 g/mol. The molecule has 5 aromatic carbocycles. The fraction of sp³-hybridized carbons (Fsp3) is 0.214. The zero-order valence-electron chi connectivity index (χ0n) is 37.8. The third-order valence-corrected chi connectivity index (χ3v) is 16.6. The fourth-order valence-corrected chi connectivity index (χ4v) is 12.3. The van der Waals surface area contributed by atoms with Crippen LogP contribution in [0.15, 0.2) is 179 Å². The van der Waals surface area contributed by atoms with E-state index < -0.39 is 8.80 Å². The standard InChI is InChI=1S/C56H57NO5SSi/c1-8-58-64(59-9-2,60-10-3)54-40-36-50(63-54)35-33-49-34-37-52(61-49)53-39-38-51(62-53)41-21-27-46(28-22-41)57(47-29-23-44(24-30-47)55(4,5)42-17-13-11-14-18-42)48-31-25-45(26-32-48)56(6,7)43-19-15-12-16-20-43/h11-40H,8-10H2,1-7H3. The van der Waals surface area contributed by atoms with E-state index in [1.165, 1.54) is 22.3 Å². The van der Waals surface area contributed by atoms with Gasteiger partial charge in [-0.05, 0) is 140 Å². The van der Waals surface area contributed by atoms with Gasteiger partial charge in [-0.3, -0.25) is 0 Å². The van der Waals surface area contributed by atoms with E-state index in [1.807, 2.05) is 57.2 Å². The molecule has 0 aliphatic carbocycles. The number of furan rings is 2. The molecule has 8 aromatic rings. The molecule has 0 aliphatic heterocycles. The van der Waals surface area contributed by atoms with Crippen molar-refractivity contribution in [3.63, 3.8) is 0 Å². The lowest BCUT2D eigenvalue weighted by Crippen LogP contribution is -2.55. The van der Waals surface area contributed by atoms with Crippen LogP contribution in [0.1, 0.15) is 81.4 Å². The van der Waals surface area contributed by atoms with Crippen LogP contribution in [0.25, 0.3) is 35.0 Å². The molecule has 0 radical (unpaired) electrons. The highest BCUT2D eigenvalue weighted by molar-refractivity contribution is 7.24. The first-order chi connectivity index (χ1) is 31.0. The Morgan fingerprint density at radius 1 is 0.469 bits per heavy atom. The Balaban J connectivity index is 1.03. The number of hydrogen-bond acceptors (Lipinski definition) is 7. The summed E-state index contributed by atoms with van der Waals surface area (Å²) in [4.78, 5) is 3.37. The Kier molecular flexibility index (Phi) is 13.5. The maximum Gasteiger partial charge on any atom is 0.547 e. The number of benzene rings is 5. The highest BCUT2D eigenvalue weighted by Gasteiger charge is 2.44. The molecule has 8 heteroatoms. The van der Waals surface area contributed by atoms with Crippen LogP contribution in [0.3, 0.4) is 0 Å². The van der Waals surface area contributed by atoms with Crippen molar-refractivity contribution < 1.29 is 22.1 Å². The van der Waals surface area contributed by atoms with Crippen molar-refractivity contribution in [1.29, 1.82) is 0 Å². The van der Waals surface area contributed by atoms with E-state index in [2.05, 4.69) is 178 Å². The van der Waals surface area contributed by atoms with Gasteiger partial charge in [-0.1, -0.05) is 113 Å². The smallest absolute Gasteiger partial charge is 0.453 e. The van der Waals surface area contributed by atoms with Crippen molar-refractivity contribution in [2.24, 2.45) is 0 Å². The molecule has 0 atom stereocenters. The van der Waals surface area contributed by atoms with Crippen molar-refractivity contribution in [3.8, 4) is 22.8 Å². The molecule has 0 unspecified atom stereocenters. The Morgan fingerprint density at radius 3 is 1.41 bits per heavy atom. The Hall–Kier alpha value is -6.00. The zero-order chi connectivity index (χ0) is 44.7. The lowest BCUT2D eigenvalue weighted by molar-refractivity contribution is 0.0866. The maximum atomic E-state index is 6.41. The molecule has 0 fully saturated rings. The van der Waals surface area contributed by atoms with E-state index in [9.17, 15) is 0 Å². The van der Waals surface area contributed by atoms with Gasteiger partial charge in [0.2, 0.25) is 0 Å². The quantitative estimate of drug-likeness (QED) is 0.0800. The summed E-state index contributed by atoms with van der Waals surface area (Å²) in [5, 5.41) is 0. The first kappa shape index (κ1) is 44.6. The van der Waals surface area contributed by atoms with Gasteiger partial charge < -0.3 is 27.0 Å². The largest absolute Gasteiger partial charge is 0.547 e. The molecule has 3 heterocycles. The summed E-state index contributed by atoms with van der Waals surface area (Å²) in [7, 11) is -2.95. The minimum atomic E-state index is -2.95. The van der Waals surface area contributed by atoms with Gasteiger partial charge in [-0.15, -0.1) is 11.3 Å². The van der Waals surface area contributed by atoms with E-state index in [4.69, 9.17) is 22.1 Å². The van der Waals surface area contributed by atoms with Gasteiger partial charge >= 0.3 is 8.80 Å². The van der Waals surface area contributed by atoms with Gasteiger partial charge in [0.1, 0.15) is 11.5 Å². The van der Waals surface area contributed by atoms with Gasteiger partial charge in [0.15, 0.2) is 11.5 Å². The second-order valence-corrected chi connectivity index (χ2v) is 20.7. The van der Waals surface area contributed by atoms with Gasteiger partial charge in [-0.2, -0.15) is 0 Å². The third-order valence-electron chi connectivity index (χ3n) is 11.9. The second kappa shape index (κ2) is 19.4. The van der Waals surface area contributed by atoms with Crippen molar-refractivity contribution in [1.82, 2.24) is 0 Å². The molecule has 0 saturated carbocycles. The third kappa shape index (κ3) is 9.43. The van der Waals surface area contributed by atoms with Crippen LogP contribution in [0, 0.1) is 0 Å². The Morgan fingerprint density at radius 2 is 0.906 bits per heavy atom. The maximum absolute atomic E-state index is 6.41. The molecule has 6 nitrogen and oxygen atoms in total. The molecular formula is C56H57NO5SSi. The summed E-state index contributed by atoms with van der Waals surface area (Å²) in [5.41, 5.74) is 8.97. The van der Waals surface area contributed by atoms with E-state index in [1.54, 1.807) is 11.3 Å². The number of thiophene rings is 1. The summed E-state index contributed by atoms with van der Waals surface area (Å²) in [6, 6.07) is 59.9. The molecule has 0 N–H and O–H groups in total. The first-order valence-electron chi connectivity index (χ1n) is 22.2. The van der Waals surface area contributed by atoms with E-state index >= 15 is 0 Å². The Bertz CT molecular complexity index is 2640. The molecule has 8 rings (SSSR count). The molecule has 0 bridgehead atoms. The van der Waals surface area contributed by atoms with Crippen LogP contribution >= 0.6 is 11.3 Å². The molecule has 0 saturated heterocycles. The van der Waals surface area contributed by atoms with Crippen LogP contribution in [0.4, 0.5) is 17.1 Å². The van der Waals surface area contributed by atoms with E-state index in [-0.39, 0.29) is 10.8 Å². The van der Waals surface area contributed by atoms with Crippen LogP contribution in [0.2, 0.25) is 0 Å². The topological polar surface area (TPSA) is 57.2 Å². The second-order valence-electron chi connectivity index (χ2n) is 16.7. The van der Waals surface area contributed by atoms with Crippen LogP contribution < -0.4 is 9.40 Å². The fourth-order valence-electron chi connectivity index (χ4n) is 8.20. The van der Waals surface area contributed by atoms with Crippen molar-refractivity contribution >= 4 is 53.9 Å². The monoisotopic (exact) mass is 883 g/mol. The summed E-state index contributed by atoms with van der Waals surface area (Å²) < 4.78 is 32.0. The van der Waals surface area contributed by atoms with Crippen LogP contribution in [0.5, 0.6) is 0 Å². The van der Waals surface area contributed by atoms with Gasteiger partial charge in [0, 0.05) is 58.2 Å². The van der Waals surface area contributed by atoms with Gasteiger partial charge in [-0.25, -0.2) is 0 Å². The van der Waals surface area contributed by atoms with Crippen LogP contribution in [-0.2, 0) is 24.1 Å². The lowest BCUT2D eigenvalue weighted by atomic mass is 9.78. The predicted octanol–water partition coefficient (Wildman–Crippen LogP) is 14.8. The van der Waals surface area contributed by atoms with Crippen molar-refractivity contribution in [2.45, 2.75) is 59.3 Å². The zero-order valence-corrected chi connectivity index (χ0v) is 39.7. The van der Waals surface area contributed by atoms with E-state index in [0.29, 0.717) is 31.3 Å². The molecule has 3 aromatic heterocycles. The number of rotatable bonds is 18. The highest BCUT2D eigenvalue weighted by Crippen LogP contribution is 2.40. The lowest BCUT2D eigenvalue weighted by Gasteiger charge is -2.30. The van der Waals surface area contributed by atoms with Gasteiger partial charge in [0.05, 0.1) is 4.50 Å². The first-order valence-corrected chi connectivity index (χ1v) is 24.7. The molecule has 326 valence electrons. The summed E-state index contributed by atoms with van der Waals surface area (Å²) in [6.45, 7) is 16.6. The summed E-state index contributed by atoms with van der Waals surface area (Å²) in [5.74, 6) is 2.81. The average Bonchev–Trinajstić information content (AvgIpc) is 4.13. The number of nitrogens with zero attached hydrogens (tertiary/aromatic N) is 1. The van der Waals surface area contributed by atoms with Gasteiger partial charge in [0.25, 0.3) is 0 Å². The molecule has 0 aliphatic rings. The molecule has 0 amide bonds. The van der Waals surface area contributed by atoms with Crippen molar-refractivity contribution in [3.05, 3.63) is 203 Å². The predicted molar refractivity (Wildman–Crippen MR) is 267 cm³/mol. The molecule has 64 heavy (non-hydrogen) atoms. The molecule has 0 spiro atoms. The normalized spacial score (nSPS) is 12.3. The highest BCUT2D eigenvalue weighted by atomic mass is 32.1. The summed E-state index contributed by atoms with van der Waals surface area (Å²) >= 11 is 1.62. The summed E-state index contributed by atoms with van der Waals surface area (Å²) in [6.07, 6.45) is 4.01. The van der Waals surface area contributed by atoms with Crippen LogP contribution in [-0.4, -0.2) is 28.6 Å². The molecular weight excluding hydrogens is 827 g/mol. The van der Waals surface area contributed by atoms with E-state index in [0.717, 1.165) is 43.5 Å². The number of hydrogen-bond donors (Lipinski definition) is 0. The number of anilines is 3.